The van der Waals surface area contributed by atoms with Crippen molar-refractivity contribution in [2.75, 3.05) is 4.90 Å². The van der Waals surface area contributed by atoms with Gasteiger partial charge in [-0.2, -0.15) is 0 Å². The number of hydrogen-bond donors (Lipinski definition) is 0. The van der Waals surface area contributed by atoms with Crippen LogP contribution in [0.2, 0.25) is 0 Å². The summed E-state index contributed by atoms with van der Waals surface area (Å²) in [4.78, 5) is 2.36. The number of rotatable bonds is 8. The number of hydrogen-bond acceptors (Lipinski definition) is 1. The maximum absolute atomic E-state index is 2.36. The van der Waals surface area contributed by atoms with E-state index in [0.717, 1.165) is 17.1 Å². The smallest absolute Gasteiger partial charge is 0.0540 e. The molecule has 250 valence electrons. The molecular formula is C52H37N. The highest BCUT2D eigenvalue weighted by atomic mass is 15.1. The highest BCUT2D eigenvalue weighted by Crippen LogP contribution is 2.42. The third-order valence-corrected chi connectivity index (χ3v) is 10.1. The van der Waals surface area contributed by atoms with Gasteiger partial charge in [-0.3, -0.25) is 0 Å². The van der Waals surface area contributed by atoms with Crippen molar-refractivity contribution in [3.63, 3.8) is 0 Å². The Kier molecular flexibility index (Phi) is 8.66. The van der Waals surface area contributed by atoms with Gasteiger partial charge in [-0.25, -0.2) is 0 Å². The van der Waals surface area contributed by atoms with Gasteiger partial charge in [0.25, 0.3) is 0 Å². The van der Waals surface area contributed by atoms with Gasteiger partial charge in [-0.05, 0) is 109 Å². The van der Waals surface area contributed by atoms with Crippen molar-refractivity contribution in [1.82, 2.24) is 0 Å². The molecule has 1 nitrogen and oxygen atoms in total. The van der Waals surface area contributed by atoms with Gasteiger partial charge in [0.05, 0.1) is 5.69 Å². The van der Waals surface area contributed by atoms with E-state index < -0.39 is 0 Å². The Hall–Kier alpha value is -6.96. The van der Waals surface area contributed by atoms with E-state index in [-0.39, 0.29) is 0 Å². The lowest BCUT2D eigenvalue weighted by Gasteiger charge is -2.28. The quantitative estimate of drug-likeness (QED) is 0.155. The molecule has 9 aromatic rings. The van der Waals surface area contributed by atoms with Crippen LogP contribution in [-0.4, -0.2) is 0 Å². The molecule has 0 aromatic heterocycles. The van der Waals surface area contributed by atoms with Crippen LogP contribution in [0.15, 0.2) is 224 Å². The van der Waals surface area contributed by atoms with Crippen molar-refractivity contribution in [2.45, 2.75) is 0 Å². The number of fused-ring (bicyclic) bond motifs is 1. The summed E-state index contributed by atoms with van der Waals surface area (Å²) in [5, 5.41) is 2.52. The summed E-state index contributed by atoms with van der Waals surface area (Å²) in [6.45, 7) is 0. The highest BCUT2D eigenvalue weighted by Gasteiger charge is 2.17. The van der Waals surface area contributed by atoms with Crippen LogP contribution >= 0.6 is 0 Å². The van der Waals surface area contributed by atoms with Gasteiger partial charge in [-0.15, -0.1) is 0 Å². The van der Waals surface area contributed by atoms with E-state index in [1.165, 1.54) is 66.4 Å². The van der Waals surface area contributed by atoms with Crippen LogP contribution in [0.3, 0.4) is 0 Å². The first-order valence-electron chi connectivity index (χ1n) is 18.2. The molecule has 0 N–H and O–H groups in total. The highest BCUT2D eigenvalue weighted by molar-refractivity contribution is 5.90. The van der Waals surface area contributed by atoms with Crippen LogP contribution in [0.4, 0.5) is 17.1 Å². The van der Waals surface area contributed by atoms with E-state index in [1.54, 1.807) is 0 Å². The maximum atomic E-state index is 2.36. The third-order valence-electron chi connectivity index (χ3n) is 10.1. The molecule has 0 radical (unpaired) electrons. The van der Waals surface area contributed by atoms with E-state index in [9.17, 15) is 0 Å². The van der Waals surface area contributed by atoms with Crippen molar-refractivity contribution in [2.24, 2.45) is 0 Å². The monoisotopic (exact) mass is 675 g/mol. The van der Waals surface area contributed by atoms with Crippen molar-refractivity contribution < 1.29 is 0 Å². The Morgan fingerprint density at radius 2 is 0.642 bits per heavy atom. The number of benzene rings is 9. The molecule has 0 spiro atoms. The van der Waals surface area contributed by atoms with Crippen LogP contribution < -0.4 is 4.90 Å². The van der Waals surface area contributed by atoms with Gasteiger partial charge in [0.2, 0.25) is 0 Å². The average Bonchev–Trinajstić information content (AvgIpc) is 3.25. The Morgan fingerprint density at radius 1 is 0.226 bits per heavy atom. The van der Waals surface area contributed by atoms with Crippen LogP contribution in [0, 0.1) is 0 Å². The largest absolute Gasteiger partial charge is 0.310 e. The fourth-order valence-electron chi connectivity index (χ4n) is 7.32. The second kappa shape index (κ2) is 14.3. The average molecular weight is 676 g/mol. The zero-order valence-electron chi connectivity index (χ0n) is 29.3. The molecule has 0 saturated carbocycles. The number of nitrogens with zero attached hydrogens (tertiary/aromatic N) is 1. The normalized spacial score (nSPS) is 11.0. The molecule has 9 aromatic carbocycles. The minimum atomic E-state index is 1.11. The minimum Gasteiger partial charge on any atom is -0.310 e. The Balaban J connectivity index is 1.02. The predicted octanol–water partition coefficient (Wildman–Crippen LogP) is 14.6. The molecule has 0 amide bonds. The summed E-state index contributed by atoms with van der Waals surface area (Å²) in [6.07, 6.45) is 0. The Morgan fingerprint density at radius 3 is 1.34 bits per heavy atom. The second-order valence-electron chi connectivity index (χ2n) is 13.4. The molecular weight excluding hydrogens is 639 g/mol. The standard InChI is InChI=1S/C52H37N/c1-3-13-38(14-4-1)45-18-12-20-48(37-45)51-23-9-10-24-52(51)53(49-21-5-2-6-22-49)50-33-31-41(32-34-50)40-25-27-42(28-26-40)44-17-11-19-46(35-44)47-30-29-39-15-7-8-16-43(39)36-47/h1-37H. The van der Waals surface area contributed by atoms with Crippen LogP contribution in [0.25, 0.3) is 66.4 Å². The molecule has 1 heteroatoms. The fourth-order valence-corrected chi connectivity index (χ4v) is 7.32. The first-order valence-corrected chi connectivity index (χ1v) is 18.2. The SMILES string of the molecule is c1ccc(-c2cccc(-c3ccccc3N(c3ccccc3)c3ccc(-c4ccc(-c5cccc(-c6ccc7ccccc7c6)c5)cc4)cc3)c2)cc1. The molecule has 0 atom stereocenters. The van der Waals surface area contributed by atoms with Crippen LogP contribution in [-0.2, 0) is 0 Å². The summed E-state index contributed by atoms with van der Waals surface area (Å²) in [5.41, 5.74) is 15.4. The molecule has 9 rings (SSSR count). The molecule has 0 aliphatic rings. The number of anilines is 3. The van der Waals surface area contributed by atoms with Gasteiger partial charge < -0.3 is 4.90 Å². The van der Waals surface area contributed by atoms with E-state index >= 15 is 0 Å². The van der Waals surface area contributed by atoms with Gasteiger partial charge in [0.15, 0.2) is 0 Å². The van der Waals surface area contributed by atoms with Crippen molar-refractivity contribution in [3.05, 3.63) is 224 Å². The lowest BCUT2D eigenvalue weighted by atomic mass is 9.96. The summed E-state index contributed by atoms with van der Waals surface area (Å²) in [7, 11) is 0. The number of para-hydroxylation sites is 2. The maximum Gasteiger partial charge on any atom is 0.0540 e. The summed E-state index contributed by atoms with van der Waals surface area (Å²) in [5.74, 6) is 0. The summed E-state index contributed by atoms with van der Waals surface area (Å²) in [6, 6.07) is 80.7. The van der Waals surface area contributed by atoms with Crippen LogP contribution in [0.1, 0.15) is 0 Å². The molecule has 0 heterocycles. The van der Waals surface area contributed by atoms with Gasteiger partial charge in [0, 0.05) is 16.9 Å². The van der Waals surface area contributed by atoms with E-state index in [4.69, 9.17) is 0 Å². The van der Waals surface area contributed by atoms with E-state index in [1.807, 2.05) is 0 Å². The van der Waals surface area contributed by atoms with Gasteiger partial charge in [0.1, 0.15) is 0 Å². The molecule has 0 aliphatic heterocycles. The van der Waals surface area contributed by atoms with Gasteiger partial charge in [-0.1, -0.05) is 176 Å². The zero-order valence-corrected chi connectivity index (χ0v) is 29.3. The molecule has 0 fully saturated rings. The third kappa shape index (κ3) is 6.65. The molecule has 0 saturated heterocycles. The second-order valence-corrected chi connectivity index (χ2v) is 13.4. The van der Waals surface area contributed by atoms with Crippen molar-refractivity contribution in [1.29, 1.82) is 0 Å². The van der Waals surface area contributed by atoms with Crippen LogP contribution in [0.5, 0.6) is 0 Å². The van der Waals surface area contributed by atoms with E-state index in [2.05, 4.69) is 229 Å². The fraction of sp³-hybridized carbons (Fsp3) is 0. The first-order chi connectivity index (χ1) is 26.3. The van der Waals surface area contributed by atoms with Crippen molar-refractivity contribution >= 4 is 27.8 Å². The summed E-state index contributed by atoms with van der Waals surface area (Å²) >= 11 is 0. The first kappa shape index (κ1) is 32.0. The summed E-state index contributed by atoms with van der Waals surface area (Å²) < 4.78 is 0. The topological polar surface area (TPSA) is 3.24 Å². The molecule has 0 aliphatic carbocycles. The zero-order chi connectivity index (χ0) is 35.4. The van der Waals surface area contributed by atoms with Crippen molar-refractivity contribution in [3.8, 4) is 55.6 Å². The molecule has 0 bridgehead atoms. The lowest BCUT2D eigenvalue weighted by molar-refractivity contribution is 1.28. The minimum absolute atomic E-state index is 1.11. The molecule has 53 heavy (non-hydrogen) atoms. The van der Waals surface area contributed by atoms with E-state index in [0.29, 0.717) is 0 Å². The van der Waals surface area contributed by atoms with Gasteiger partial charge >= 0.3 is 0 Å². The Bertz CT molecular complexity index is 2640. The predicted molar refractivity (Wildman–Crippen MR) is 226 cm³/mol. The lowest BCUT2D eigenvalue weighted by Crippen LogP contribution is -2.11. The molecule has 0 unspecified atom stereocenters. The Labute approximate surface area is 311 Å².